The van der Waals surface area contributed by atoms with Crippen molar-refractivity contribution in [2.75, 3.05) is 7.11 Å². The average molecular weight is 248 g/mol. The van der Waals surface area contributed by atoms with Gasteiger partial charge in [0.25, 0.3) is 5.56 Å². The Morgan fingerprint density at radius 2 is 2.28 bits per heavy atom. The van der Waals surface area contributed by atoms with E-state index in [-0.39, 0.29) is 11.6 Å². The smallest absolute Gasteiger partial charge is 0.251 e. The summed E-state index contributed by atoms with van der Waals surface area (Å²) in [7, 11) is 1.57. The molecule has 0 atom stereocenters. The van der Waals surface area contributed by atoms with Gasteiger partial charge in [-0.2, -0.15) is 5.10 Å². The molecule has 0 amide bonds. The molecule has 0 saturated heterocycles. The van der Waals surface area contributed by atoms with Gasteiger partial charge in [0.05, 0.1) is 24.1 Å². The molecule has 0 saturated carbocycles. The molecule has 2 aromatic heterocycles. The predicted octanol–water partition coefficient (Wildman–Crippen LogP) is 1.36. The van der Waals surface area contributed by atoms with Crippen LogP contribution in [0.5, 0.6) is 0 Å². The van der Waals surface area contributed by atoms with Crippen LogP contribution in [0.25, 0.3) is 11.4 Å². The summed E-state index contributed by atoms with van der Waals surface area (Å²) >= 11 is 0. The first-order valence-corrected chi connectivity index (χ1v) is 5.74. The molecule has 6 heteroatoms. The molecule has 0 bridgehead atoms. The molecule has 0 spiro atoms. The molecule has 0 aliphatic carbocycles. The van der Waals surface area contributed by atoms with E-state index in [4.69, 9.17) is 4.74 Å². The molecule has 0 radical (unpaired) electrons. The number of nitrogens with one attached hydrogen (secondary N) is 1. The van der Waals surface area contributed by atoms with Crippen LogP contribution >= 0.6 is 0 Å². The first-order chi connectivity index (χ1) is 8.60. The van der Waals surface area contributed by atoms with Crippen molar-refractivity contribution in [3.05, 3.63) is 34.5 Å². The van der Waals surface area contributed by atoms with E-state index in [0.29, 0.717) is 18.1 Å². The minimum Gasteiger partial charge on any atom is -0.378 e. The molecule has 0 aliphatic heterocycles. The van der Waals surface area contributed by atoms with Crippen molar-refractivity contribution in [2.24, 2.45) is 0 Å². The van der Waals surface area contributed by atoms with Crippen molar-refractivity contribution >= 4 is 0 Å². The fourth-order valence-electron chi connectivity index (χ4n) is 1.61. The van der Waals surface area contributed by atoms with Gasteiger partial charge in [-0.05, 0) is 13.8 Å². The normalized spacial score (nSPS) is 11.1. The largest absolute Gasteiger partial charge is 0.378 e. The number of H-pyrrole nitrogens is 1. The van der Waals surface area contributed by atoms with Gasteiger partial charge >= 0.3 is 0 Å². The summed E-state index contributed by atoms with van der Waals surface area (Å²) in [6.45, 7) is 4.39. The number of rotatable bonds is 4. The molecule has 2 aromatic rings. The Morgan fingerprint density at radius 3 is 2.89 bits per heavy atom. The summed E-state index contributed by atoms with van der Waals surface area (Å²) in [5, 5.41) is 4.22. The lowest BCUT2D eigenvalue weighted by molar-refractivity contribution is 0.181. The summed E-state index contributed by atoms with van der Waals surface area (Å²) < 4.78 is 6.80. The Kier molecular flexibility index (Phi) is 3.57. The van der Waals surface area contributed by atoms with Crippen LogP contribution in [0.1, 0.15) is 25.6 Å². The first-order valence-electron chi connectivity index (χ1n) is 5.74. The van der Waals surface area contributed by atoms with E-state index in [1.54, 1.807) is 13.3 Å². The highest BCUT2D eigenvalue weighted by Crippen LogP contribution is 2.14. The molecule has 0 aliphatic rings. The van der Waals surface area contributed by atoms with E-state index < -0.39 is 0 Å². The number of methoxy groups -OCH3 is 1. The maximum Gasteiger partial charge on any atom is 0.251 e. The molecule has 2 rings (SSSR count). The molecule has 18 heavy (non-hydrogen) atoms. The molecule has 0 aromatic carbocycles. The zero-order valence-corrected chi connectivity index (χ0v) is 10.7. The lowest BCUT2D eigenvalue weighted by Gasteiger charge is -2.03. The van der Waals surface area contributed by atoms with E-state index in [1.807, 2.05) is 24.7 Å². The van der Waals surface area contributed by atoms with Crippen molar-refractivity contribution in [2.45, 2.75) is 26.5 Å². The van der Waals surface area contributed by atoms with E-state index in [1.165, 1.54) is 6.07 Å². The average Bonchev–Trinajstić information content (AvgIpc) is 2.78. The van der Waals surface area contributed by atoms with Crippen LogP contribution in [0.15, 0.2) is 23.3 Å². The summed E-state index contributed by atoms with van der Waals surface area (Å²) in [5.74, 6) is 0.515. The molecule has 2 heterocycles. The number of ether oxygens (including phenoxy) is 1. The molecular formula is C12H16N4O2. The summed E-state index contributed by atoms with van der Waals surface area (Å²) in [5.41, 5.74) is 1.21. The highest BCUT2D eigenvalue weighted by Gasteiger charge is 2.08. The van der Waals surface area contributed by atoms with Crippen LogP contribution in [0, 0.1) is 0 Å². The number of hydrogen-bond donors (Lipinski definition) is 1. The third-order valence-corrected chi connectivity index (χ3v) is 2.49. The SMILES string of the molecule is COCc1cc(=O)[nH]c(-c2cnn(C(C)C)c2)n1. The number of aromatic nitrogens is 4. The predicted molar refractivity (Wildman–Crippen MR) is 67.2 cm³/mol. The Morgan fingerprint density at radius 1 is 1.50 bits per heavy atom. The van der Waals surface area contributed by atoms with Crippen molar-refractivity contribution in [1.82, 2.24) is 19.7 Å². The highest BCUT2D eigenvalue weighted by molar-refractivity contribution is 5.51. The molecular weight excluding hydrogens is 232 g/mol. The van der Waals surface area contributed by atoms with Crippen molar-refractivity contribution in [3.8, 4) is 11.4 Å². The van der Waals surface area contributed by atoms with Gasteiger partial charge < -0.3 is 9.72 Å². The Bertz CT molecular complexity index is 586. The zero-order chi connectivity index (χ0) is 13.1. The van der Waals surface area contributed by atoms with Gasteiger partial charge in [-0.15, -0.1) is 0 Å². The molecule has 6 nitrogen and oxygen atoms in total. The fourth-order valence-corrected chi connectivity index (χ4v) is 1.61. The van der Waals surface area contributed by atoms with Crippen LogP contribution in [-0.4, -0.2) is 26.9 Å². The van der Waals surface area contributed by atoms with Crippen molar-refractivity contribution < 1.29 is 4.74 Å². The first kappa shape index (κ1) is 12.5. The maximum absolute atomic E-state index is 11.5. The van der Waals surface area contributed by atoms with Crippen LogP contribution < -0.4 is 5.56 Å². The van der Waals surface area contributed by atoms with E-state index in [9.17, 15) is 4.79 Å². The van der Waals surface area contributed by atoms with Crippen LogP contribution in [-0.2, 0) is 11.3 Å². The van der Waals surface area contributed by atoms with Crippen molar-refractivity contribution in [1.29, 1.82) is 0 Å². The summed E-state index contributed by atoms with van der Waals surface area (Å²) in [6, 6.07) is 1.70. The Balaban J connectivity index is 2.39. The van der Waals surface area contributed by atoms with E-state index >= 15 is 0 Å². The number of nitrogens with zero attached hydrogens (tertiary/aromatic N) is 3. The van der Waals surface area contributed by atoms with E-state index in [0.717, 1.165) is 5.56 Å². The third-order valence-electron chi connectivity index (χ3n) is 2.49. The quantitative estimate of drug-likeness (QED) is 0.886. The minimum atomic E-state index is -0.190. The summed E-state index contributed by atoms with van der Waals surface area (Å²) in [6.07, 6.45) is 3.55. The zero-order valence-electron chi connectivity index (χ0n) is 10.7. The van der Waals surface area contributed by atoms with Gasteiger partial charge in [0, 0.05) is 25.4 Å². The van der Waals surface area contributed by atoms with Gasteiger partial charge in [-0.1, -0.05) is 0 Å². The van der Waals surface area contributed by atoms with Crippen molar-refractivity contribution in [3.63, 3.8) is 0 Å². The molecule has 0 unspecified atom stereocenters. The number of aromatic amines is 1. The lowest BCUT2D eigenvalue weighted by atomic mass is 10.3. The second-order valence-corrected chi connectivity index (χ2v) is 4.32. The fraction of sp³-hybridized carbons (Fsp3) is 0.417. The Labute approximate surface area is 105 Å². The maximum atomic E-state index is 11.5. The van der Waals surface area contributed by atoms with Crippen LogP contribution in [0.4, 0.5) is 0 Å². The van der Waals surface area contributed by atoms with Crippen LogP contribution in [0.2, 0.25) is 0 Å². The minimum absolute atomic E-state index is 0.190. The van der Waals surface area contributed by atoms with Gasteiger partial charge in [0.15, 0.2) is 0 Å². The van der Waals surface area contributed by atoms with E-state index in [2.05, 4.69) is 15.1 Å². The highest BCUT2D eigenvalue weighted by atomic mass is 16.5. The Hall–Kier alpha value is -1.95. The van der Waals surface area contributed by atoms with Gasteiger partial charge in [-0.25, -0.2) is 4.98 Å². The van der Waals surface area contributed by atoms with Gasteiger partial charge in [0.1, 0.15) is 5.82 Å². The van der Waals surface area contributed by atoms with Gasteiger partial charge in [-0.3, -0.25) is 9.48 Å². The topological polar surface area (TPSA) is 72.8 Å². The third kappa shape index (κ3) is 2.65. The molecule has 1 N–H and O–H groups in total. The van der Waals surface area contributed by atoms with Gasteiger partial charge in [0.2, 0.25) is 0 Å². The number of hydrogen-bond acceptors (Lipinski definition) is 4. The standard InChI is InChI=1S/C12H16N4O2/c1-8(2)16-6-9(5-13-16)12-14-10(7-18-3)4-11(17)15-12/h4-6,8H,7H2,1-3H3,(H,14,15,17). The molecule has 96 valence electrons. The lowest BCUT2D eigenvalue weighted by Crippen LogP contribution is -2.10. The second kappa shape index (κ2) is 5.14. The molecule has 0 fully saturated rings. The second-order valence-electron chi connectivity index (χ2n) is 4.32. The van der Waals surface area contributed by atoms with Crippen LogP contribution in [0.3, 0.4) is 0 Å². The summed E-state index contributed by atoms with van der Waals surface area (Å²) in [4.78, 5) is 18.6. The monoisotopic (exact) mass is 248 g/mol.